The lowest BCUT2D eigenvalue weighted by Gasteiger charge is -2.38. The first-order chi connectivity index (χ1) is 7.88. The predicted molar refractivity (Wildman–Crippen MR) is 67.5 cm³/mol. The number of hydrogen-bond donors (Lipinski definition) is 1. The van der Waals surface area contributed by atoms with Gasteiger partial charge < -0.3 is 5.32 Å². The van der Waals surface area contributed by atoms with Crippen molar-refractivity contribution < 1.29 is 0 Å². The molecule has 2 saturated carbocycles. The predicted octanol–water partition coefficient (Wildman–Crippen LogP) is 2.25. The van der Waals surface area contributed by atoms with Crippen LogP contribution in [0.3, 0.4) is 0 Å². The van der Waals surface area contributed by atoms with Gasteiger partial charge in [-0.1, -0.05) is 6.92 Å². The largest absolute Gasteiger partial charge is 0.314 e. The van der Waals surface area contributed by atoms with Gasteiger partial charge in [-0.3, -0.25) is 4.90 Å². The molecule has 0 aromatic heterocycles. The quantitative estimate of drug-likeness (QED) is 0.767. The van der Waals surface area contributed by atoms with Crippen LogP contribution in [0.25, 0.3) is 0 Å². The van der Waals surface area contributed by atoms with E-state index in [0.29, 0.717) is 0 Å². The Morgan fingerprint density at radius 1 is 1.00 bits per heavy atom. The van der Waals surface area contributed by atoms with Crippen LogP contribution in [-0.4, -0.2) is 36.6 Å². The Kier molecular flexibility index (Phi) is 3.21. The van der Waals surface area contributed by atoms with Crippen molar-refractivity contribution in [1.29, 1.82) is 0 Å². The van der Waals surface area contributed by atoms with Crippen molar-refractivity contribution in [2.75, 3.05) is 19.6 Å². The van der Waals surface area contributed by atoms with Crippen LogP contribution in [0.5, 0.6) is 0 Å². The van der Waals surface area contributed by atoms with E-state index in [1.807, 2.05) is 0 Å². The molecule has 92 valence electrons. The number of rotatable bonds is 5. The van der Waals surface area contributed by atoms with Crippen molar-refractivity contribution >= 4 is 0 Å². The highest BCUT2D eigenvalue weighted by molar-refractivity contribution is 4.98. The maximum atomic E-state index is 3.61. The highest BCUT2D eigenvalue weighted by atomic mass is 15.2. The third kappa shape index (κ3) is 2.43. The molecule has 0 radical (unpaired) electrons. The van der Waals surface area contributed by atoms with Crippen LogP contribution in [0.1, 0.15) is 45.4 Å². The molecule has 3 fully saturated rings. The minimum atomic E-state index is 0.806. The lowest BCUT2D eigenvalue weighted by atomic mass is 9.98. The van der Waals surface area contributed by atoms with Gasteiger partial charge in [-0.15, -0.1) is 0 Å². The van der Waals surface area contributed by atoms with E-state index in [4.69, 9.17) is 0 Å². The van der Waals surface area contributed by atoms with E-state index < -0.39 is 0 Å². The average Bonchev–Trinajstić information content (AvgIpc) is 3.14. The molecule has 2 heteroatoms. The Hall–Kier alpha value is -0.0800. The third-order valence-corrected chi connectivity index (χ3v) is 4.65. The second kappa shape index (κ2) is 4.66. The van der Waals surface area contributed by atoms with Gasteiger partial charge in [0.2, 0.25) is 0 Å². The van der Waals surface area contributed by atoms with Gasteiger partial charge in [0.1, 0.15) is 0 Å². The first-order valence-electron chi connectivity index (χ1n) is 7.36. The molecule has 0 aromatic carbocycles. The van der Waals surface area contributed by atoms with Gasteiger partial charge in [0.25, 0.3) is 0 Å². The molecule has 0 spiro atoms. The van der Waals surface area contributed by atoms with Crippen LogP contribution in [0.15, 0.2) is 0 Å². The van der Waals surface area contributed by atoms with Gasteiger partial charge in [-0.2, -0.15) is 0 Å². The zero-order valence-electron chi connectivity index (χ0n) is 10.6. The molecule has 0 atom stereocenters. The first-order valence-corrected chi connectivity index (χ1v) is 7.36. The van der Waals surface area contributed by atoms with Crippen molar-refractivity contribution in [1.82, 2.24) is 10.2 Å². The highest BCUT2D eigenvalue weighted by Gasteiger charge is 2.44. The van der Waals surface area contributed by atoms with Gasteiger partial charge in [0.05, 0.1) is 0 Å². The molecule has 1 N–H and O–H groups in total. The SMILES string of the molecule is CCNC1CCN(C(C2CC2)C2CC2)CC1. The summed E-state index contributed by atoms with van der Waals surface area (Å²) in [6.45, 7) is 6.08. The molecule has 0 aromatic rings. The number of nitrogens with one attached hydrogen (secondary N) is 1. The van der Waals surface area contributed by atoms with Crippen LogP contribution in [-0.2, 0) is 0 Å². The molecule has 1 heterocycles. The average molecular weight is 222 g/mol. The summed E-state index contributed by atoms with van der Waals surface area (Å²) in [6.07, 6.45) is 8.85. The van der Waals surface area contributed by atoms with E-state index in [9.17, 15) is 0 Å². The summed E-state index contributed by atoms with van der Waals surface area (Å²) < 4.78 is 0. The number of hydrogen-bond acceptors (Lipinski definition) is 2. The Labute approximate surface area is 99.8 Å². The molecule has 2 aliphatic carbocycles. The number of piperidine rings is 1. The molecule has 16 heavy (non-hydrogen) atoms. The summed E-state index contributed by atoms with van der Waals surface area (Å²) >= 11 is 0. The summed E-state index contributed by atoms with van der Waals surface area (Å²) in [5.74, 6) is 2.17. The fourth-order valence-electron chi connectivity index (χ4n) is 3.55. The van der Waals surface area contributed by atoms with E-state index in [1.165, 1.54) is 51.6 Å². The fourth-order valence-corrected chi connectivity index (χ4v) is 3.55. The van der Waals surface area contributed by atoms with E-state index in [-0.39, 0.29) is 0 Å². The Morgan fingerprint density at radius 3 is 2.00 bits per heavy atom. The molecule has 3 aliphatic rings. The van der Waals surface area contributed by atoms with Crippen LogP contribution in [0.2, 0.25) is 0 Å². The van der Waals surface area contributed by atoms with Gasteiger partial charge in [-0.05, 0) is 70.0 Å². The third-order valence-electron chi connectivity index (χ3n) is 4.65. The zero-order valence-corrected chi connectivity index (χ0v) is 10.6. The molecular formula is C14H26N2. The van der Waals surface area contributed by atoms with Crippen LogP contribution < -0.4 is 5.32 Å². The molecule has 2 nitrogen and oxygen atoms in total. The summed E-state index contributed by atoms with van der Waals surface area (Å²) in [5, 5.41) is 3.61. The second-order valence-corrected chi connectivity index (χ2v) is 6.03. The normalized spacial score (nSPS) is 28.9. The molecule has 0 bridgehead atoms. The minimum absolute atomic E-state index is 0.806. The van der Waals surface area contributed by atoms with Gasteiger partial charge >= 0.3 is 0 Å². The molecule has 1 saturated heterocycles. The van der Waals surface area contributed by atoms with Crippen molar-refractivity contribution in [3.05, 3.63) is 0 Å². The lowest BCUT2D eigenvalue weighted by Crippen LogP contribution is -2.48. The van der Waals surface area contributed by atoms with Gasteiger partial charge in [-0.25, -0.2) is 0 Å². The topological polar surface area (TPSA) is 15.3 Å². The molecule has 0 unspecified atom stereocenters. The summed E-state index contributed by atoms with van der Waals surface area (Å²) in [7, 11) is 0. The zero-order chi connectivity index (χ0) is 11.0. The molecule has 3 rings (SSSR count). The summed E-state index contributed by atoms with van der Waals surface area (Å²) in [6, 6.07) is 1.79. The van der Waals surface area contributed by atoms with E-state index in [1.54, 1.807) is 0 Å². The highest BCUT2D eigenvalue weighted by Crippen LogP contribution is 2.47. The van der Waals surface area contributed by atoms with Crippen molar-refractivity contribution in [3.8, 4) is 0 Å². The van der Waals surface area contributed by atoms with E-state index >= 15 is 0 Å². The van der Waals surface area contributed by atoms with Crippen LogP contribution in [0, 0.1) is 11.8 Å². The maximum Gasteiger partial charge on any atom is 0.0152 e. The monoisotopic (exact) mass is 222 g/mol. The van der Waals surface area contributed by atoms with Crippen molar-refractivity contribution in [2.45, 2.75) is 57.5 Å². The Bertz CT molecular complexity index is 213. The van der Waals surface area contributed by atoms with E-state index in [2.05, 4.69) is 17.1 Å². The minimum Gasteiger partial charge on any atom is -0.314 e. The standard InChI is InChI=1S/C14H26N2/c1-2-15-13-7-9-16(10-8-13)14(11-3-4-11)12-5-6-12/h11-15H,2-10H2,1H3. The first kappa shape index (κ1) is 11.0. The van der Waals surface area contributed by atoms with Gasteiger partial charge in [0.15, 0.2) is 0 Å². The molecule has 0 amide bonds. The summed E-state index contributed by atoms with van der Waals surface area (Å²) in [5.41, 5.74) is 0. The number of likely N-dealkylation sites (tertiary alicyclic amines) is 1. The molecule has 1 aliphatic heterocycles. The van der Waals surface area contributed by atoms with Crippen molar-refractivity contribution in [2.24, 2.45) is 11.8 Å². The Balaban J connectivity index is 1.51. The Morgan fingerprint density at radius 2 is 1.56 bits per heavy atom. The second-order valence-electron chi connectivity index (χ2n) is 6.03. The fraction of sp³-hybridized carbons (Fsp3) is 1.00. The van der Waals surface area contributed by atoms with Crippen molar-refractivity contribution in [3.63, 3.8) is 0 Å². The summed E-state index contributed by atoms with van der Waals surface area (Å²) in [4.78, 5) is 2.84. The number of nitrogens with zero attached hydrogens (tertiary/aromatic N) is 1. The van der Waals surface area contributed by atoms with Gasteiger partial charge in [0, 0.05) is 12.1 Å². The lowest BCUT2D eigenvalue weighted by molar-refractivity contribution is 0.114. The maximum absolute atomic E-state index is 3.61. The van der Waals surface area contributed by atoms with E-state index in [0.717, 1.165) is 30.5 Å². The smallest absolute Gasteiger partial charge is 0.0152 e. The molecular weight excluding hydrogens is 196 g/mol. The van der Waals surface area contributed by atoms with Crippen LogP contribution in [0.4, 0.5) is 0 Å². The van der Waals surface area contributed by atoms with Crippen LogP contribution >= 0.6 is 0 Å².